The lowest BCUT2D eigenvalue weighted by molar-refractivity contribution is 0.1000. The number of nitrogens with zero attached hydrogens (tertiary/aromatic N) is 1. The van der Waals surface area contributed by atoms with Crippen molar-refractivity contribution >= 4 is 21.6 Å². The number of hydrogen-bond acceptors (Lipinski definition) is 4. The lowest BCUT2D eigenvalue weighted by Crippen LogP contribution is -2.14. The van der Waals surface area contributed by atoms with Gasteiger partial charge in [0.05, 0.1) is 22.2 Å². The summed E-state index contributed by atoms with van der Waals surface area (Å²) in [4.78, 5) is 10.9. The Hall–Kier alpha value is -2.85. The van der Waals surface area contributed by atoms with Crippen LogP contribution in [0.5, 0.6) is 0 Å². The smallest absolute Gasteiger partial charge is 0.261 e. The summed E-state index contributed by atoms with van der Waals surface area (Å²) in [5.41, 5.74) is 5.95. The third-order valence-electron chi connectivity index (χ3n) is 2.69. The lowest BCUT2D eigenvalue weighted by atomic mass is 10.2. The fourth-order valence-electron chi connectivity index (χ4n) is 1.66. The van der Waals surface area contributed by atoms with Crippen LogP contribution in [0.15, 0.2) is 53.4 Å². The summed E-state index contributed by atoms with van der Waals surface area (Å²) in [5, 5.41) is 8.79. The maximum atomic E-state index is 12.2. The lowest BCUT2D eigenvalue weighted by Gasteiger charge is -2.08. The van der Waals surface area contributed by atoms with E-state index in [0.717, 1.165) is 0 Å². The highest BCUT2D eigenvalue weighted by Gasteiger charge is 2.14. The highest BCUT2D eigenvalue weighted by Crippen LogP contribution is 2.17. The van der Waals surface area contributed by atoms with E-state index >= 15 is 0 Å². The average molecular weight is 301 g/mol. The van der Waals surface area contributed by atoms with Gasteiger partial charge >= 0.3 is 0 Å². The van der Waals surface area contributed by atoms with Gasteiger partial charge in [-0.3, -0.25) is 9.52 Å². The molecule has 21 heavy (non-hydrogen) atoms. The molecule has 0 bridgehead atoms. The maximum absolute atomic E-state index is 12.2. The number of anilines is 1. The van der Waals surface area contributed by atoms with E-state index in [-0.39, 0.29) is 16.1 Å². The first-order chi connectivity index (χ1) is 9.92. The number of carbonyl (C=O) groups excluding carboxylic acids is 1. The summed E-state index contributed by atoms with van der Waals surface area (Å²) >= 11 is 0. The molecule has 0 aliphatic rings. The minimum absolute atomic E-state index is 0.00476. The van der Waals surface area contributed by atoms with Gasteiger partial charge in [0.2, 0.25) is 5.91 Å². The van der Waals surface area contributed by atoms with Crippen molar-refractivity contribution in [2.45, 2.75) is 4.90 Å². The van der Waals surface area contributed by atoms with Crippen LogP contribution in [0.4, 0.5) is 5.69 Å². The average Bonchev–Trinajstić information content (AvgIpc) is 2.47. The van der Waals surface area contributed by atoms with Gasteiger partial charge in [0.15, 0.2) is 0 Å². The summed E-state index contributed by atoms with van der Waals surface area (Å²) in [6, 6.07) is 13.3. The van der Waals surface area contributed by atoms with Crippen LogP contribution >= 0.6 is 0 Å². The molecular formula is C14H11N3O3S. The largest absolute Gasteiger partial charge is 0.366 e. The summed E-state index contributed by atoms with van der Waals surface area (Å²) in [6.07, 6.45) is 0. The Labute approximate surface area is 121 Å². The first-order valence-electron chi connectivity index (χ1n) is 5.85. The van der Waals surface area contributed by atoms with Gasteiger partial charge in [-0.15, -0.1) is 0 Å². The second-order valence-corrected chi connectivity index (χ2v) is 5.87. The van der Waals surface area contributed by atoms with Crippen molar-refractivity contribution in [3.05, 3.63) is 59.7 Å². The van der Waals surface area contributed by atoms with Gasteiger partial charge in [-0.2, -0.15) is 5.26 Å². The molecule has 0 unspecified atom stereocenters. The fourth-order valence-corrected chi connectivity index (χ4v) is 2.71. The monoisotopic (exact) mass is 301 g/mol. The molecule has 0 aromatic heterocycles. The number of sulfonamides is 1. The highest BCUT2D eigenvalue weighted by atomic mass is 32.2. The van der Waals surface area contributed by atoms with Gasteiger partial charge in [0.25, 0.3) is 10.0 Å². The third kappa shape index (κ3) is 3.38. The van der Waals surface area contributed by atoms with Crippen molar-refractivity contribution in [3.63, 3.8) is 0 Å². The molecule has 7 heteroatoms. The fraction of sp³-hybridized carbons (Fsp3) is 0. The predicted molar refractivity (Wildman–Crippen MR) is 76.9 cm³/mol. The van der Waals surface area contributed by atoms with Crippen molar-refractivity contribution in [2.24, 2.45) is 5.73 Å². The molecule has 6 nitrogen and oxygen atoms in total. The molecule has 0 radical (unpaired) electrons. The number of nitrogens with one attached hydrogen (secondary N) is 1. The van der Waals surface area contributed by atoms with E-state index in [4.69, 9.17) is 11.0 Å². The molecule has 0 spiro atoms. The quantitative estimate of drug-likeness (QED) is 0.889. The predicted octanol–water partition coefficient (Wildman–Crippen LogP) is 1.46. The minimum atomic E-state index is -3.79. The van der Waals surface area contributed by atoms with Crippen LogP contribution < -0.4 is 10.5 Å². The molecule has 2 aromatic carbocycles. The summed E-state index contributed by atoms with van der Waals surface area (Å²) in [7, 11) is -3.79. The molecule has 106 valence electrons. The third-order valence-corrected chi connectivity index (χ3v) is 4.09. The Morgan fingerprint density at radius 2 is 1.81 bits per heavy atom. The molecule has 3 N–H and O–H groups in total. The normalized spacial score (nSPS) is 10.6. The van der Waals surface area contributed by atoms with Gasteiger partial charge in [0.1, 0.15) is 0 Å². The Balaban J connectivity index is 2.29. The highest BCUT2D eigenvalue weighted by molar-refractivity contribution is 7.92. The molecule has 0 saturated carbocycles. The van der Waals surface area contributed by atoms with E-state index in [1.54, 1.807) is 12.1 Å². The standard InChI is InChI=1S/C14H11N3O3S/c15-9-10-2-1-3-12(8-10)17-21(19,20)13-6-4-11(5-7-13)14(16)18/h1-8,17H,(H2,16,18). The van der Waals surface area contributed by atoms with Gasteiger partial charge in [-0.1, -0.05) is 6.07 Å². The van der Waals surface area contributed by atoms with E-state index in [0.29, 0.717) is 5.56 Å². The van der Waals surface area contributed by atoms with Crippen molar-refractivity contribution < 1.29 is 13.2 Å². The van der Waals surface area contributed by atoms with E-state index < -0.39 is 15.9 Å². The van der Waals surface area contributed by atoms with Gasteiger partial charge in [0, 0.05) is 5.56 Å². The van der Waals surface area contributed by atoms with Crippen LogP contribution in [0.3, 0.4) is 0 Å². The molecule has 2 rings (SSSR count). The molecular weight excluding hydrogens is 290 g/mol. The molecule has 0 heterocycles. The second-order valence-electron chi connectivity index (χ2n) is 4.19. The van der Waals surface area contributed by atoms with Gasteiger partial charge in [-0.05, 0) is 42.5 Å². The second kappa shape index (κ2) is 5.64. The maximum Gasteiger partial charge on any atom is 0.261 e. The van der Waals surface area contributed by atoms with E-state index in [1.807, 2.05) is 6.07 Å². The zero-order valence-corrected chi connectivity index (χ0v) is 11.6. The van der Waals surface area contributed by atoms with Gasteiger partial charge < -0.3 is 5.73 Å². The van der Waals surface area contributed by atoms with Crippen LogP contribution in [0.1, 0.15) is 15.9 Å². The number of hydrogen-bond donors (Lipinski definition) is 2. The number of nitrogens with two attached hydrogens (primary N) is 1. The molecule has 0 fully saturated rings. The van der Waals surface area contributed by atoms with Crippen LogP contribution in [0.2, 0.25) is 0 Å². The van der Waals surface area contributed by atoms with E-state index in [2.05, 4.69) is 4.72 Å². The molecule has 0 saturated heterocycles. The van der Waals surface area contributed by atoms with Crippen molar-refractivity contribution in [1.29, 1.82) is 5.26 Å². The Morgan fingerprint density at radius 3 is 2.38 bits per heavy atom. The van der Waals surface area contributed by atoms with Crippen LogP contribution in [0.25, 0.3) is 0 Å². The molecule has 0 atom stereocenters. The number of nitriles is 1. The molecule has 0 aliphatic carbocycles. The summed E-state index contributed by atoms with van der Waals surface area (Å²) in [5.74, 6) is -0.631. The van der Waals surface area contributed by atoms with Gasteiger partial charge in [-0.25, -0.2) is 8.42 Å². The molecule has 1 amide bonds. The summed E-state index contributed by atoms with van der Waals surface area (Å²) < 4.78 is 26.7. The molecule has 0 aliphatic heterocycles. The van der Waals surface area contributed by atoms with Crippen molar-refractivity contribution in [2.75, 3.05) is 4.72 Å². The number of primary amides is 1. The summed E-state index contributed by atoms with van der Waals surface area (Å²) in [6.45, 7) is 0. The number of amides is 1. The molecule has 2 aromatic rings. The zero-order valence-electron chi connectivity index (χ0n) is 10.8. The topological polar surface area (TPSA) is 113 Å². The Bertz CT molecular complexity index is 821. The van der Waals surface area contributed by atoms with Crippen LogP contribution in [0, 0.1) is 11.3 Å². The Morgan fingerprint density at radius 1 is 1.14 bits per heavy atom. The number of rotatable bonds is 4. The van der Waals surface area contributed by atoms with Crippen LogP contribution in [-0.4, -0.2) is 14.3 Å². The first kappa shape index (κ1) is 14.6. The number of benzene rings is 2. The SMILES string of the molecule is N#Cc1cccc(NS(=O)(=O)c2ccc(C(N)=O)cc2)c1. The zero-order chi connectivity index (χ0) is 15.5. The number of carbonyl (C=O) groups is 1. The van der Waals surface area contributed by atoms with Crippen molar-refractivity contribution in [1.82, 2.24) is 0 Å². The Kier molecular flexibility index (Phi) is 3.91. The van der Waals surface area contributed by atoms with E-state index in [1.165, 1.54) is 36.4 Å². The minimum Gasteiger partial charge on any atom is -0.366 e. The first-order valence-corrected chi connectivity index (χ1v) is 7.33. The van der Waals surface area contributed by atoms with E-state index in [9.17, 15) is 13.2 Å². The van der Waals surface area contributed by atoms with Crippen LogP contribution in [-0.2, 0) is 10.0 Å². The van der Waals surface area contributed by atoms with Crippen molar-refractivity contribution in [3.8, 4) is 6.07 Å².